The van der Waals surface area contributed by atoms with Crippen molar-refractivity contribution in [3.63, 3.8) is 0 Å². The number of nitrogens with zero attached hydrogens (tertiary/aromatic N) is 2. The van der Waals surface area contributed by atoms with E-state index >= 15 is 0 Å². The van der Waals surface area contributed by atoms with Gasteiger partial charge in [0.2, 0.25) is 5.82 Å². The smallest absolute Gasteiger partial charge is 0.293 e. The number of furan rings is 1. The lowest BCUT2D eigenvalue weighted by molar-refractivity contribution is 0.267. The lowest BCUT2D eigenvalue weighted by Crippen LogP contribution is -1.99. The standard InChI is InChI=1S/C23H21FN2O3/c1-14(2)19-10-4-15(3)12-21(19)27-13-18-9-11-20(28-18)23-25-22(26-29-23)16-5-7-17(24)8-6-16/h4-12,14H,13H2,1-3H3. The van der Waals surface area contributed by atoms with Gasteiger partial charge in [-0.25, -0.2) is 4.39 Å². The highest BCUT2D eigenvalue weighted by Crippen LogP contribution is 2.29. The predicted molar refractivity (Wildman–Crippen MR) is 107 cm³/mol. The third-order valence-corrected chi connectivity index (χ3v) is 4.56. The Kier molecular flexibility index (Phi) is 5.16. The fourth-order valence-corrected chi connectivity index (χ4v) is 3.00. The summed E-state index contributed by atoms with van der Waals surface area (Å²) < 4.78 is 30.2. The minimum absolute atomic E-state index is 0.258. The van der Waals surface area contributed by atoms with Crippen LogP contribution in [0.25, 0.3) is 23.0 Å². The van der Waals surface area contributed by atoms with Crippen molar-refractivity contribution >= 4 is 0 Å². The number of ether oxygens (including phenoxy) is 1. The van der Waals surface area contributed by atoms with Crippen LogP contribution in [-0.2, 0) is 6.61 Å². The molecule has 4 aromatic rings. The molecule has 0 atom stereocenters. The molecule has 0 aliphatic carbocycles. The van der Waals surface area contributed by atoms with Crippen LogP contribution in [0.1, 0.15) is 36.7 Å². The Bertz CT molecular complexity index is 1110. The molecular weight excluding hydrogens is 371 g/mol. The van der Waals surface area contributed by atoms with E-state index in [-0.39, 0.29) is 11.7 Å². The first-order chi connectivity index (χ1) is 14.0. The van der Waals surface area contributed by atoms with E-state index in [1.165, 1.54) is 12.1 Å². The van der Waals surface area contributed by atoms with Gasteiger partial charge in [-0.15, -0.1) is 0 Å². The molecule has 4 rings (SSSR count). The maximum atomic E-state index is 13.1. The van der Waals surface area contributed by atoms with Crippen LogP contribution >= 0.6 is 0 Å². The second-order valence-corrected chi connectivity index (χ2v) is 7.18. The highest BCUT2D eigenvalue weighted by atomic mass is 19.1. The van der Waals surface area contributed by atoms with E-state index in [2.05, 4.69) is 36.1 Å². The van der Waals surface area contributed by atoms with Crippen molar-refractivity contribution in [1.29, 1.82) is 0 Å². The van der Waals surface area contributed by atoms with Gasteiger partial charge in [0, 0.05) is 5.56 Å². The Morgan fingerprint density at radius 3 is 2.59 bits per heavy atom. The zero-order chi connectivity index (χ0) is 20.4. The largest absolute Gasteiger partial charge is 0.485 e. The Balaban J connectivity index is 1.48. The maximum absolute atomic E-state index is 13.1. The summed E-state index contributed by atoms with van der Waals surface area (Å²) in [6, 6.07) is 15.7. The summed E-state index contributed by atoms with van der Waals surface area (Å²) in [6.07, 6.45) is 0. The predicted octanol–water partition coefficient (Wildman–Crippen LogP) is 6.15. The molecule has 0 N–H and O–H groups in total. The van der Waals surface area contributed by atoms with Gasteiger partial charge in [-0.05, 0) is 66.4 Å². The minimum atomic E-state index is -0.317. The lowest BCUT2D eigenvalue weighted by atomic mass is 10.0. The molecule has 2 aromatic carbocycles. The second-order valence-electron chi connectivity index (χ2n) is 7.18. The molecule has 0 bridgehead atoms. The molecule has 6 heteroatoms. The summed E-state index contributed by atoms with van der Waals surface area (Å²) in [5, 5.41) is 3.94. The molecule has 5 nitrogen and oxygen atoms in total. The molecule has 0 saturated carbocycles. The molecule has 0 fully saturated rings. The summed E-state index contributed by atoms with van der Waals surface area (Å²) in [5.74, 6) is 2.64. The van der Waals surface area contributed by atoms with Gasteiger partial charge in [-0.2, -0.15) is 4.98 Å². The summed E-state index contributed by atoms with van der Waals surface area (Å²) >= 11 is 0. The Morgan fingerprint density at radius 1 is 1.03 bits per heavy atom. The van der Waals surface area contributed by atoms with Gasteiger partial charge >= 0.3 is 0 Å². The molecule has 0 radical (unpaired) electrons. The Labute approximate surface area is 168 Å². The third-order valence-electron chi connectivity index (χ3n) is 4.56. The number of aryl methyl sites for hydroxylation is 1. The average molecular weight is 392 g/mol. The van der Waals surface area contributed by atoms with E-state index in [0.29, 0.717) is 35.4 Å². The Morgan fingerprint density at radius 2 is 1.83 bits per heavy atom. The summed E-state index contributed by atoms with van der Waals surface area (Å²) in [6.45, 7) is 6.60. The average Bonchev–Trinajstić information content (AvgIpc) is 3.36. The quantitative estimate of drug-likeness (QED) is 0.394. The molecule has 0 saturated heterocycles. The van der Waals surface area contributed by atoms with Gasteiger partial charge in [0.25, 0.3) is 5.89 Å². The van der Waals surface area contributed by atoms with Crippen LogP contribution < -0.4 is 4.74 Å². The van der Waals surface area contributed by atoms with Gasteiger partial charge in [0.15, 0.2) is 5.76 Å². The molecule has 0 spiro atoms. The number of hydrogen-bond donors (Lipinski definition) is 0. The van der Waals surface area contributed by atoms with E-state index in [1.54, 1.807) is 18.2 Å². The molecule has 2 heterocycles. The highest BCUT2D eigenvalue weighted by molar-refractivity contribution is 5.57. The molecule has 0 unspecified atom stereocenters. The van der Waals surface area contributed by atoms with E-state index in [9.17, 15) is 4.39 Å². The fraction of sp³-hybridized carbons (Fsp3) is 0.217. The first-order valence-electron chi connectivity index (χ1n) is 9.41. The summed E-state index contributed by atoms with van der Waals surface area (Å²) in [7, 11) is 0. The third kappa shape index (κ3) is 4.21. The molecular formula is C23H21FN2O3. The Hall–Kier alpha value is -3.41. The van der Waals surface area contributed by atoms with E-state index in [1.807, 2.05) is 19.1 Å². The number of halogens is 1. The zero-order valence-electron chi connectivity index (χ0n) is 16.5. The summed E-state index contributed by atoms with van der Waals surface area (Å²) in [5.41, 5.74) is 2.96. The molecule has 0 aliphatic heterocycles. The van der Waals surface area contributed by atoms with E-state index in [0.717, 1.165) is 16.9 Å². The van der Waals surface area contributed by atoms with Crippen LogP contribution in [0.15, 0.2) is 63.5 Å². The number of aromatic nitrogens is 2. The van der Waals surface area contributed by atoms with Crippen LogP contribution in [0.3, 0.4) is 0 Å². The van der Waals surface area contributed by atoms with Gasteiger partial charge in [0.05, 0.1) is 0 Å². The molecule has 0 amide bonds. The molecule has 148 valence electrons. The van der Waals surface area contributed by atoms with Crippen molar-refractivity contribution in [2.75, 3.05) is 0 Å². The van der Waals surface area contributed by atoms with E-state index in [4.69, 9.17) is 13.7 Å². The number of benzene rings is 2. The van der Waals surface area contributed by atoms with Crippen molar-refractivity contribution in [2.45, 2.75) is 33.3 Å². The normalized spacial score (nSPS) is 11.2. The van der Waals surface area contributed by atoms with Crippen molar-refractivity contribution in [1.82, 2.24) is 10.1 Å². The lowest BCUT2D eigenvalue weighted by Gasteiger charge is -2.14. The van der Waals surface area contributed by atoms with Crippen LogP contribution in [0.4, 0.5) is 4.39 Å². The van der Waals surface area contributed by atoms with Crippen molar-refractivity contribution in [3.8, 4) is 28.8 Å². The fourth-order valence-electron chi connectivity index (χ4n) is 3.00. The van der Waals surface area contributed by atoms with Crippen molar-refractivity contribution < 1.29 is 18.1 Å². The topological polar surface area (TPSA) is 61.3 Å². The van der Waals surface area contributed by atoms with E-state index < -0.39 is 0 Å². The van der Waals surface area contributed by atoms with Gasteiger partial charge in [-0.1, -0.05) is 31.1 Å². The van der Waals surface area contributed by atoms with Crippen LogP contribution in [0.2, 0.25) is 0 Å². The SMILES string of the molecule is Cc1ccc(C(C)C)c(OCc2ccc(-c3nc(-c4ccc(F)cc4)no3)o2)c1. The van der Waals surface area contributed by atoms with Crippen molar-refractivity contribution in [3.05, 3.63) is 77.3 Å². The van der Waals surface area contributed by atoms with Crippen molar-refractivity contribution in [2.24, 2.45) is 0 Å². The summed E-state index contributed by atoms with van der Waals surface area (Å²) in [4.78, 5) is 4.33. The van der Waals surface area contributed by atoms with Gasteiger partial charge in [-0.3, -0.25) is 0 Å². The van der Waals surface area contributed by atoms with Crippen LogP contribution in [-0.4, -0.2) is 10.1 Å². The maximum Gasteiger partial charge on any atom is 0.293 e. The molecule has 2 aromatic heterocycles. The van der Waals surface area contributed by atoms with Gasteiger partial charge < -0.3 is 13.7 Å². The first kappa shape index (κ1) is 18.9. The van der Waals surface area contributed by atoms with Crippen LogP contribution in [0, 0.1) is 12.7 Å². The second kappa shape index (κ2) is 7.91. The zero-order valence-corrected chi connectivity index (χ0v) is 16.5. The van der Waals surface area contributed by atoms with Crippen LogP contribution in [0.5, 0.6) is 5.75 Å². The monoisotopic (exact) mass is 392 g/mol. The van der Waals surface area contributed by atoms with Gasteiger partial charge in [0.1, 0.15) is 23.9 Å². The minimum Gasteiger partial charge on any atom is -0.485 e. The molecule has 0 aliphatic rings. The molecule has 29 heavy (non-hydrogen) atoms. The highest BCUT2D eigenvalue weighted by Gasteiger charge is 2.15. The first-order valence-corrected chi connectivity index (χ1v) is 9.41. The number of rotatable bonds is 6. The number of hydrogen-bond acceptors (Lipinski definition) is 5.